The Morgan fingerprint density at radius 3 is 2.50 bits per heavy atom. The summed E-state index contributed by atoms with van der Waals surface area (Å²) >= 11 is 1.24. The van der Waals surface area contributed by atoms with Crippen molar-refractivity contribution in [2.24, 2.45) is 0 Å². The number of amides is 1. The topological polar surface area (TPSA) is 98.2 Å². The molecule has 1 amide bonds. The van der Waals surface area contributed by atoms with Gasteiger partial charge in [0.15, 0.2) is 17.3 Å². The van der Waals surface area contributed by atoms with Crippen molar-refractivity contribution in [2.45, 2.75) is 19.4 Å². The number of ether oxygens (including phenoxy) is 3. The molecule has 0 saturated heterocycles. The fourth-order valence-corrected chi connectivity index (χ4v) is 5.41. The van der Waals surface area contributed by atoms with Gasteiger partial charge in [0, 0.05) is 31.4 Å². The Hall–Kier alpha value is -3.69. The summed E-state index contributed by atoms with van der Waals surface area (Å²) in [6.45, 7) is 2.45. The van der Waals surface area contributed by atoms with Gasteiger partial charge < -0.3 is 24.2 Å². The lowest BCUT2D eigenvalue weighted by Gasteiger charge is -2.28. The Kier molecular flexibility index (Phi) is 7.71. The average Bonchev–Trinajstić information content (AvgIpc) is 3.41. The normalized spacial score (nSPS) is 15.5. The first-order chi connectivity index (χ1) is 17.4. The smallest absolute Gasteiger partial charge is 0.290 e. The van der Waals surface area contributed by atoms with Crippen LogP contribution in [0.15, 0.2) is 59.9 Å². The molecule has 3 aromatic rings. The van der Waals surface area contributed by atoms with Gasteiger partial charge in [0.25, 0.3) is 5.91 Å². The Bertz CT molecular complexity index is 1300. The first-order valence-corrected chi connectivity index (χ1v) is 12.3. The van der Waals surface area contributed by atoms with Crippen LogP contribution in [-0.4, -0.2) is 61.2 Å². The van der Waals surface area contributed by atoms with E-state index in [1.807, 2.05) is 30.3 Å². The predicted octanol–water partition coefficient (Wildman–Crippen LogP) is 4.75. The average molecular weight is 509 g/mol. The molecule has 1 aliphatic heterocycles. The summed E-state index contributed by atoms with van der Waals surface area (Å²) in [6, 6.07) is 14.0. The second kappa shape index (κ2) is 10.9. The summed E-state index contributed by atoms with van der Waals surface area (Å²) < 4.78 is 16.2. The number of ketones is 1. The van der Waals surface area contributed by atoms with Crippen molar-refractivity contribution in [3.63, 3.8) is 0 Å². The Morgan fingerprint density at radius 2 is 1.83 bits per heavy atom. The molecule has 9 heteroatoms. The van der Waals surface area contributed by atoms with E-state index in [1.54, 1.807) is 32.2 Å². The molecule has 4 rings (SSSR count). The molecule has 0 spiro atoms. The first-order valence-electron chi connectivity index (χ1n) is 11.4. The van der Waals surface area contributed by atoms with E-state index in [4.69, 9.17) is 14.2 Å². The third kappa shape index (κ3) is 4.59. The van der Waals surface area contributed by atoms with Crippen molar-refractivity contribution in [1.82, 2.24) is 9.88 Å². The lowest BCUT2D eigenvalue weighted by atomic mass is 9.94. The molecule has 2 aromatic carbocycles. The minimum absolute atomic E-state index is 0.00432. The van der Waals surface area contributed by atoms with E-state index in [2.05, 4.69) is 4.98 Å². The number of nitrogens with zero attached hydrogens (tertiary/aromatic N) is 2. The lowest BCUT2D eigenvalue weighted by molar-refractivity contribution is -0.129. The molecule has 1 unspecified atom stereocenters. The highest BCUT2D eigenvalue weighted by Crippen LogP contribution is 2.46. The molecule has 8 nitrogen and oxygen atoms in total. The van der Waals surface area contributed by atoms with Crippen LogP contribution in [-0.2, 0) is 9.53 Å². The van der Waals surface area contributed by atoms with Crippen LogP contribution >= 0.6 is 11.3 Å². The number of methoxy groups -OCH3 is 3. The summed E-state index contributed by atoms with van der Waals surface area (Å²) in [5.74, 6) is -0.781. The fourth-order valence-electron chi connectivity index (χ4n) is 4.38. The molecule has 0 fully saturated rings. The van der Waals surface area contributed by atoms with Gasteiger partial charge in [-0.1, -0.05) is 42.5 Å². The number of thiazole rings is 1. The van der Waals surface area contributed by atoms with Gasteiger partial charge in [-0.3, -0.25) is 9.59 Å². The van der Waals surface area contributed by atoms with E-state index in [1.165, 1.54) is 30.5 Å². The number of aromatic nitrogens is 1. The van der Waals surface area contributed by atoms with Crippen molar-refractivity contribution in [3.05, 3.63) is 76.0 Å². The molecule has 1 atom stereocenters. The highest BCUT2D eigenvalue weighted by molar-refractivity contribution is 7.17. The molecule has 188 valence electrons. The highest BCUT2D eigenvalue weighted by Gasteiger charge is 2.45. The van der Waals surface area contributed by atoms with E-state index in [0.717, 1.165) is 5.56 Å². The summed E-state index contributed by atoms with van der Waals surface area (Å²) in [6.07, 6.45) is 0.525. The number of aryl methyl sites for hydroxylation is 1. The minimum Gasteiger partial charge on any atom is -0.503 e. The Balaban J connectivity index is 1.82. The molecule has 1 N–H and O–H groups in total. The number of rotatable bonds is 10. The van der Waals surface area contributed by atoms with Crippen LogP contribution in [0.5, 0.6) is 11.5 Å². The number of Topliss-reactive ketones (excluding diaryl/α,β-unsaturated/α-hetero) is 1. The second-order valence-electron chi connectivity index (χ2n) is 8.22. The summed E-state index contributed by atoms with van der Waals surface area (Å²) in [5.41, 5.74) is 1.96. The van der Waals surface area contributed by atoms with Crippen molar-refractivity contribution in [3.8, 4) is 22.1 Å². The van der Waals surface area contributed by atoms with E-state index in [9.17, 15) is 14.7 Å². The predicted molar refractivity (Wildman–Crippen MR) is 137 cm³/mol. The van der Waals surface area contributed by atoms with Crippen LogP contribution in [0.25, 0.3) is 10.6 Å². The summed E-state index contributed by atoms with van der Waals surface area (Å²) in [4.78, 5) is 33.6. The van der Waals surface area contributed by atoms with E-state index >= 15 is 0 Å². The maximum atomic E-state index is 14.0. The molecule has 0 bridgehead atoms. The summed E-state index contributed by atoms with van der Waals surface area (Å²) in [7, 11) is 4.59. The maximum Gasteiger partial charge on any atom is 0.290 e. The number of benzene rings is 2. The zero-order chi connectivity index (χ0) is 25.8. The van der Waals surface area contributed by atoms with Crippen LogP contribution < -0.4 is 9.47 Å². The van der Waals surface area contributed by atoms with Gasteiger partial charge in [0.05, 0.1) is 36.4 Å². The maximum absolute atomic E-state index is 14.0. The van der Waals surface area contributed by atoms with E-state index < -0.39 is 23.5 Å². The number of para-hydroxylation sites is 1. The van der Waals surface area contributed by atoms with Crippen LogP contribution in [0.3, 0.4) is 0 Å². The molecular weight excluding hydrogens is 480 g/mol. The van der Waals surface area contributed by atoms with Crippen molar-refractivity contribution < 1.29 is 28.9 Å². The van der Waals surface area contributed by atoms with E-state index in [-0.39, 0.29) is 12.1 Å². The molecule has 1 aliphatic rings. The second-order valence-corrected chi connectivity index (χ2v) is 9.22. The standard InChI is InChI=1S/C27H28N2O6S/c1-16-25(36-26(28-16)17-10-6-5-7-11-17)22(30)20-21(18-12-8-13-19(34-3)24(18)35-4)29(14-9-15-33-2)27(32)23(20)31/h5-8,10-13,21,31H,9,14-15H2,1-4H3. The quantitative estimate of drug-likeness (QED) is 0.312. The van der Waals surface area contributed by atoms with Crippen LogP contribution in [0.4, 0.5) is 0 Å². The minimum atomic E-state index is -0.867. The van der Waals surface area contributed by atoms with Gasteiger partial charge in [0.2, 0.25) is 5.78 Å². The Morgan fingerprint density at radius 1 is 1.08 bits per heavy atom. The molecule has 0 radical (unpaired) electrons. The van der Waals surface area contributed by atoms with Crippen LogP contribution in [0.1, 0.15) is 33.4 Å². The SMILES string of the molecule is COCCCN1C(=O)C(O)=C(C(=O)c2sc(-c3ccccc3)nc2C)C1c1cccc(OC)c1OC. The fraction of sp³-hybridized carbons (Fsp3) is 0.296. The molecule has 0 aliphatic carbocycles. The molecule has 1 aromatic heterocycles. The number of aliphatic hydroxyl groups is 1. The Labute approximate surface area is 213 Å². The van der Waals surface area contributed by atoms with Gasteiger partial charge in [-0.15, -0.1) is 11.3 Å². The van der Waals surface area contributed by atoms with Gasteiger partial charge in [-0.25, -0.2) is 4.98 Å². The van der Waals surface area contributed by atoms with E-state index in [0.29, 0.717) is 45.7 Å². The molecular formula is C27H28N2O6S. The summed E-state index contributed by atoms with van der Waals surface area (Å²) in [5, 5.41) is 11.7. The van der Waals surface area contributed by atoms with Gasteiger partial charge >= 0.3 is 0 Å². The number of aliphatic hydroxyl groups excluding tert-OH is 1. The van der Waals surface area contributed by atoms with Crippen molar-refractivity contribution >= 4 is 23.0 Å². The monoisotopic (exact) mass is 508 g/mol. The molecule has 2 heterocycles. The van der Waals surface area contributed by atoms with Gasteiger partial charge in [-0.2, -0.15) is 0 Å². The zero-order valence-electron chi connectivity index (χ0n) is 20.6. The van der Waals surface area contributed by atoms with Crippen molar-refractivity contribution in [2.75, 3.05) is 34.5 Å². The molecule has 0 saturated carbocycles. The number of carbonyl (C=O) groups excluding carboxylic acids is 2. The number of hydrogen-bond acceptors (Lipinski definition) is 8. The van der Waals surface area contributed by atoms with Crippen LogP contribution in [0, 0.1) is 6.92 Å². The first kappa shape index (κ1) is 25.4. The lowest BCUT2D eigenvalue weighted by Crippen LogP contribution is -2.33. The largest absolute Gasteiger partial charge is 0.503 e. The number of carbonyl (C=O) groups is 2. The highest BCUT2D eigenvalue weighted by atomic mass is 32.1. The van der Waals surface area contributed by atoms with Gasteiger partial charge in [-0.05, 0) is 19.4 Å². The molecule has 36 heavy (non-hydrogen) atoms. The van der Waals surface area contributed by atoms with Crippen LogP contribution in [0.2, 0.25) is 0 Å². The third-order valence-electron chi connectivity index (χ3n) is 6.05. The van der Waals surface area contributed by atoms with Gasteiger partial charge in [0.1, 0.15) is 5.01 Å². The zero-order valence-corrected chi connectivity index (χ0v) is 21.4. The van der Waals surface area contributed by atoms with Crippen molar-refractivity contribution in [1.29, 1.82) is 0 Å². The third-order valence-corrected chi connectivity index (χ3v) is 7.25. The number of hydrogen-bond donors (Lipinski definition) is 1.